The van der Waals surface area contributed by atoms with E-state index in [4.69, 9.17) is 0 Å². The van der Waals surface area contributed by atoms with Gasteiger partial charge in [-0.25, -0.2) is 13.4 Å². The summed E-state index contributed by atoms with van der Waals surface area (Å²) in [6.07, 6.45) is 0.144. The third-order valence-corrected chi connectivity index (χ3v) is 6.88. The Morgan fingerprint density at radius 1 is 0.875 bits per heavy atom. The quantitative estimate of drug-likeness (QED) is 0.625. The molecule has 7 nitrogen and oxygen atoms in total. The first-order valence-electron chi connectivity index (χ1n) is 10.5. The summed E-state index contributed by atoms with van der Waals surface area (Å²) in [6, 6.07) is 21.5. The molecule has 1 aromatic heterocycles. The molecule has 1 fully saturated rings. The average molecular weight is 451 g/mol. The van der Waals surface area contributed by atoms with Gasteiger partial charge in [-0.1, -0.05) is 48.5 Å². The Balaban J connectivity index is 1.43. The van der Waals surface area contributed by atoms with Crippen molar-refractivity contribution in [3.63, 3.8) is 0 Å². The van der Waals surface area contributed by atoms with E-state index in [9.17, 15) is 13.2 Å². The SMILES string of the molecule is CN1CCN(C(=O)Cc2cccc(NS(=O)(=O)c3ccc(-c4ccccc4)cc3)n2)CC1. The lowest BCUT2D eigenvalue weighted by molar-refractivity contribution is -0.132. The fraction of sp³-hybridized carbons (Fsp3) is 0.250. The van der Waals surface area contributed by atoms with Gasteiger partial charge in [0.25, 0.3) is 10.0 Å². The number of amides is 1. The van der Waals surface area contributed by atoms with Gasteiger partial charge in [0, 0.05) is 26.2 Å². The van der Waals surface area contributed by atoms with E-state index in [-0.39, 0.29) is 23.0 Å². The highest BCUT2D eigenvalue weighted by Crippen LogP contribution is 2.22. The number of aromatic nitrogens is 1. The van der Waals surface area contributed by atoms with Crippen molar-refractivity contribution < 1.29 is 13.2 Å². The molecule has 0 radical (unpaired) electrons. The van der Waals surface area contributed by atoms with E-state index in [0.29, 0.717) is 18.8 Å². The fourth-order valence-electron chi connectivity index (χ4n) is 3.61. The molecule has 8 heteroatoms. The molecule has 4 rings (SSSR count). The second-order valence-corrected chi connectivity index (χ2v) is 9.55. The van der Waals surface area contributed by atoms with E-state index in [1.165, 1.54) is 0 Å². The van der Waals surface area contributed by atoms with Crippen LogP contribution in [0.2, 0.25) is 0 Å². The van der Waals surface area contributed by atoms with Crippen LogP contribution in [0.3, 0.4) is 0 Å². The Bertz CT molecular complexity index is 1170. The van der Waals surface area contributed by atoms with E-state index >= 15 is 0 Å². The highest BCUT2D eigenvalue weighted by molar-refractivity contribution is 7.92. The summed E-state index contributed by atoms with van der Waals surface area (Å²) in [4.78, 5) is 21.1. The van der Waals surface area contributed by atoms with Gasteiger partial charge in [0.05, 0.1) is 17.0 Å². The summed E-state index contributed by atoms with van der Waals surface area (Å²) in [5.41, 5.74) is 2.49. The van der Waals surface area contributed by atoms with Crippen molar-refractivity contribution >= 4 is 21.7 Å². The summed E-state index contributed by atoms with van der Waals surface area (Å²) < 4.78 is 28.2. The van der Waals surface area contributed by atoms with E-state index < -0.39 is 10.0 Å². The summed E-state index contributed by atoms with van der Waals surface area (Å²) in [5, 5.41) is 0. The molecule has 2 aromatic carbocycles. The number of hydrogen-bond acceptors (Lipinski definition) is 5. The Morgan fingerprint density at radius 2 is 1.53 bits per heavy atom. The minimum atomic E-state index is -3.80. The van der Waals surface area contributed by atoms with Crippen molar-refractivity contribution in [2.75, 3.05) is 37.9 Å². The molecule has 2 heterocycles. The number of benzene rings is 2. The van der Waals surface area contributed by atoms with Gasteiger partial charge in [-0.05, 0) is 42.4 Å². The van der Waals surface area contributed by atoms with Crippen LogP contribution in [0.5, 0.6) is 0 Å². The molecule has 0 aliphatic carbocycles. The number of pyridine rings is 1. The first-order valence-corrected chi connectivity index (χ1v) is 12.0. The molecule has 1 aliphatic heterocycles. The number of rotatable bonds is 6. The topological polar surface area (TPSA) is 82.6 Å². The van der Waals surface area contributed by atoms with Gasteiger partial charge in [0.2, 0.25) is 5.91 Å². The van der Waals surface area contributed by atoms with Crippen LogP contribution in [0.1, 0.15) is 5.69 Å². The largest absolute Gasteiger partial charge is 0.340 e. The van der Waals surface area contributed by atoms with Crippen molar-refractivity contribution in [3.8, 4) is 11.1 Å². The predicted octanol–water partition coefficient (Wildman–Crippen LogP) is 2.87. The van der Waals surface area contributed by atoms with Gasteiger partial charge in [-0.2, -0.15) is 0 Å². The number of sulfonamides is 1. The number of carbonyl (C=O) groups is 1. The number of anilines is 1. The van der Waals surface area contributed by atoms with Gasteiger partial charge >= 0.3 is 0 Å². The minimum absolute atomic E-state index is 0.00195. The minimum Gasteiger partial charge on any atom is -0.340 e. The number of piperazine rings is 1. The van der Waals surface area contributed by atoms with Gasteiger partial charge in [0.15, 0.2) is 0 Å². The molecular weight excluding hydrogens is 424 g/mol. The van der Waals surface area contributed by atoms with Crippen LogP contribution < -0.4 is 4.72 Å². The lowest BCUT2D eigenvalue weighted by Crippen LogP contribution is -2.47. The Labute approximate surface area is 188 Å². The van der Waals surface area contributed by atoms with E-state index in [0.717, 1.165) is 24.2 Å². The van der Waals surface area contributed by atoms with Crippen LogP contribution >= 0.6 is 0 Å². The second kappa shape index (κ2) is 9.50. The van der Waals surface area contributed by atoms with Crippen molar-refractivity contribution in [2.24, 2.45) is 0 Å². The van der Waals surface area contributed by atoms with Gasteiger partial charge < -0.3 is 9.80 Å². The number of nitrogens with one attached hydrogen (secondary N) is 1. The molecule has 1 aliphatic rings. The summed E-state index contributed by atoms with van der Waals surface area (Å²) in [6.45, 7) is 3.09. The maximum atomic E-state index is 12.8. The van der Waals surface area contributed by atoms with E-state index in [1.54, 1.807) is 42.5 Å². The highest BCUT2D eigenvalue weighted by atomic mass is 32.2. The normalized spacial score (nSPS) is 14.8. The van der Waals surface area contributed by atoms with E-state index in [2.05, 4.69) is 14.6 Å². The predicted molar refractivity (Wildman–Crippen MR) is 125 cm³/mol. The van der Waals surface area contributed by atoms with E-state index in [1.807, 2.05) is 42.3 Å². The number of hydrogen-bond donors (Lipinski definition) is 1. The number of carbonyl (C=O) groups excluding carboxylic acids is 1. The smallest absolute Gasteiger partial charge is 0.263 e. The standard InChI is InChI=1S/C24H26N4O3S/c1-27-14-16-28(17-15-27)24(29)18-21-8-5-9-23(25-21)26-32(30,31)22-12-10-20(11-13-22)19-6-3-2-4-7-19/h2-13H,14-18H2,1H3,(H,25,26). The number of likely N-dealkylation sites (N-methyl/N-ethyl adjacent to an activating group) is 1. The zero-order valence-corrected chi connectivity index (χ0v) is 18.8. The van der Waals surface area contributed by atoms with Crippen molar-refractivity contribution in [2.45, 2.75) is 11.3 Å². The monoisotopic (exact) mass is 450 g/mol. The van der Waals surface area contributed by atoms with Crippen LogP contribution in [-0.2, 0) is 21.2 Å². The molecule has 0 atom stereocenters. The maximum absolute atomic E-state index is 12.8. The summed E-state index contributed by atoms with van der Waals surface area (Å²) in [7, 11) is -1.76. The first-order chi connectivity index (χ1) is 15.4. The zero-order chi connectivity index (χ0) is 22.6. The lowest BCUT2D eigenvalue weighted by atomic mass is 10.1. The van der Waals surface area contributed by atoms with Gasteiger partial charge in [0.1, 0.15) is 5.82 Å². The molecule has 1 saturated heterocycles. The molecule has 0 unspecified atom stereocenters. The molecule has 0 saturated carbocycles. The third kappa shape index (κ3) is 5.33. The molecule has 0 bridgehead atoms. The Hall–Kier alpha value is -3.23. The molecule has 166 valence electrons. The third-order valence-electron chi connectivity index (χ3n) is 5.51. The first kappa shape index (κ1) is 22.0. The Morgan fingerprint density at radius 3 is 2.22 bits per heavy atom. The average Bonchev–Trinajstić information content (AvgIpc) is 2.80. The highest BCUT2D eigenvalue weighted by Gasteiger charge is 2.20. The fourth-order valence-corrected chi connectivity index (χ4v) is 4.61. The maximum Gasteiger partial charge on any atom is 0.263 e. The van der Waals surface area contributed by atoms with Crippen molar-refractivity contribution in [3.05, 3.63) is 78.5 Å². The zero-order valence-electron chi connectivity index (χ0n) is 17.9. The van der Waals surface area contributed by atoms with Gasteiger partial charge in [-0.15, -0.1) is 0 Å². The van der Waals surface area contributed by atoms with Crippen LogP contribution in [0.4, 0.5) is 5.82 Å². The summed E-state index contributed by atoms with van der Waals surface area (Å²) in [5.74, 6) is 0.197. The number of nitrogens with zero attached hydrogens (tertiary/aromatic N) is 3. The Kier molecular flexibility index (Phi) is 6.53. The molecule has 3 aromatic rings. The second-order valence-electron chi connectivity index (χ2n) is 7.87. The lowest BCUT2D eigenvalue weighted by Gasteiger charge is -2.32. The van der Waals surface area contributed by atoms with Crippen molar-refractivity contribution in [1.82, 2.24) is 14.8 Å². The van der Waals surface area contributed by atoms with Crippen LogP contribution in [0, 0.1) is 0 Å². The van der Waals surface area contributed by atoms with Crippen molar-refractivity contribution in [1.29, 1.82) is 0 Å². The molecule has 32 heavy (non-hydrogen) atoms. The molecule has 1 amide bonds. The molecule has 1 N–H and O–H groups in total. The molecule has 0 spiro atoms. The van der Waals surface area contributed by atoms with Gasteiger partial charge in [-0.3, -0.25) is 9.52 Å². The molecular formula is C24H26N4O3S. The van der Waals surface area contributed by atoms with Crippen LogP contribution in [0.25, 0.3) is 11.1 Å². The summed E-state index contributed by atoms with van der Waals surface area (Å²) >= 11 is 0. The van der Waals surface area contributed by atoms with Crippen LogP contribution in [-0.4, -0.2) is 62.3 Å². The van der Waals surface area contributed by atoms with Crippen LogP contribution in [0.15, 0.2) is 77.7 Å².